The van der Waals surface area contributed by atoms with E-state index >= 15 is 0 Å². The van der Waals surface area contributed by atoms with E-state index in [1.165, 1.54) is 6.08 Å². The number of aliphatic imine (C=N–C) groups is 1. The van der Waals surface area contributed by atoms with Gasteiger partial charge in [0.15, 0.2) is 5.79 Å². The van der Waals surface area contributed by atoms with Crippen LogP contribution in [0, 0.1) is 11.3 Å². The standard InChI is InChI=1S/C7H8N4/c1-5-2-7(9,10)11-4-6(5)3-8/h2H,9-10H2,1H3. The van der Waals surface area contributed by atoms with E-state index < -0.39 is 5.79 Å². The van der Waals surface area contributed by atoms with Crippen LogP contribution in [0.5, 0.6) is 0 Å². The molecule has 0 aromatic rings. The maximum atomic E-state index is 8.50. The molecule has 4 N–H and O–H groups in total. The predicted octanol–water partition coefficient (Wildman–Crippen LogP) is -0.363. The maximum Gasteiger partial charge on any atom is 0.188 e. The second kappa shape index (κ2) is 2.33. The lowest BCUT2D eigenvalue weighted by atomic mass is 10.1. The fourth-order valence-corrected chi connectivity index (χ4v) is 0.805. The summed E-state index contributed by atoms with van der Waals surface area (Å²) in [5.74, 6) is 1.28. The Morgan fingerprint density at radius 1 is 1.73 bits per heavy atom. The number of nitrogens with two attached hydrogens (primary N) is 2. The SMILES string of the molecule is CC1=CC(N)(N)N=C=C1C#N. The fraction of sp³-hybridized carbons (Fsp3) is 0.286. The third kappa shape index (κ3) is 1.54. The van der Waals surface area contributed by atoms with Crippen molar-refractivity contribution in [3.63, 3.8) is 0 Å². The van der Waals surface area contributed by atoms with Crippen LogP contribution in [-0.4, -0.2) is 11.7 Å². The van der Waals surface area contributed by atoms with Gasteiger partial charge in [0, 0.05) is 5.87 Å². The molecule has 11 heavy (non-hydrogen) atoms. The Bertz CT molecular complexity index is 310. The van der Waals surface area contributed by atoms with Crippen molar-refractivity contribution in [3.8, 4) is 6.07 Å². The molecular weight excluding hydrogens is 140 g/mol. The molecule has 0 aromatic heterocycles. The number of hydrogen-bond donors (Lipinski definition) is 2. The van der Waals surface area contributed by atoms with Gasteiger partial charge in [-0.25, -0.2) is 0 Å². The Labute approximate surface area is 64.5 Å². The van der Waals surface area contributed by atoms with Crippen molar-refractivity contribution >= 4 is 5.87 Å². The van der Waals surface area contributed by atoms with E-state index in [0.29, 0.717) is 11.1 Å². The number of nitriles is 1. The minimum atomic E-state index is -1.19. The van der Waals surface area contributed by atoms with Crippen LogP contribution in [0.2, 0.25) is 0 Å². The van der Waals surface area contributed by atoms with Crippen molar-refractivity contribution in [2.75, 3.05) is 0 Å². The average Bonchev–Trinajstić information content (AvgIpc) is 1.86. The first-order valence-electron chi connectivity index (χ1n) is 3.08. The van der Waals surface area contributed by atoms with Crippen LogP contribution in [-0.2, 0) is 0 Å². The van der Waals surface area contributed by atoms with Gasteiger partial charge in [0.25, 0.3) is 0 Å². The molecular formula is C7H8N4. The van der Waals surface area contributed by atoms with Gasteiger partial charge in [-0.3, -0.25) is 11.5 Å². The zero-order chi connectivity index (χ0) is 8.48. The average molecular weight is 148 g/mol. The molecule has 4 nitrogen and oxygen atoms in total. The molecule has 0 atom stereocenters. The van der Waals surface area contributed by atoms with Crippen LogP contribution in [0.15, 0.2) is 22.2 Å². The number of hydrogen-bond acceptors (Lipinski definition) is 4. The van der Waals surface area contributed by atoms with Crippen molar-refractivity contribution in [2.24, 2.45) is 16.5 Å². The minimum Gasteiger partial charge on any atom is -0.291 e. The first-order valence-corrected chi connectivity index (χ1v) is 3.08. The lowest BCUT2D eigenvalue weighted by Gasteiger charge is -2.16. The molecule has 0 saturated carbocycles. The van der Waals surface area contributed by atoms with Crippen LogP contribution >= 0.6 is 0 Å². The highest BCUT2D eigenvalue weighted by Gasteiger charge is 2.17. The van der Waals surface area contributed by atoms with Gasteiger partial charge in [-0.2, -0.15) is 10.3 Å². The van der Waals surface area contributed by atoms with Gasteiger partial charge in [0.1, 0.15) is 11.6 Å². The predicted molar refractivity (Wildman–Crippen MR) is 41.4 cm³/mol. The normalized spacial score (nSPS) is 20.2. The molecule has 4 heteroatoms. The molecule has 1 heterocycles. The van der Waals surface area contributed by atoms with E-state index in [9.17, 15) is 0 Å². The summed E-state index contributed by atoms with van der Waals surface area (Å²) in [6.07, 6.45) is 1.53. The highest BCUT2D eigenvalue weighted by atomic mass is 15.2. The molecule has 56 valence electrons. The van der Waals surface area contributed by atoms with Crippen LogP contribution < -0.4 is 11.5 Å². The van der Waals surface area contributed by atoms with Crippen molar-refractivity contribution in [1.82, 2.24) is 0 Å². The smallest absolute Gasteiger partial charge is 0.188 e. The van der Waals surface area contributed by atoms with E-state index in [1.807, 2.05) is 6.07 Å². The minimum absolute atomic E-state index is 0.386. The number of allylic oxidation sites excluding steroid dienone is 2. The van der Waals surface area contributed by atoms with Crippen LogP contribution in [0.25, 0.3) is 0 Å². The van der Waals surface area contributed by atoms with Gasteiger partial charge in [-0.05, 0) is 18.6 Å². The van der Waals surface area contributed by atoms with Crippen LogP contribution in [0.3, 0.4) is 0 Å². The van der Waals surface area contributed by atoms with Crippen LogP contribution in [0.4, 0.5) is 0 Å². The van der Waals surface area contributed by atoms with Crippen molar-refractivity contribution < 1.29 is 0 Å². The highest BCUT2D eigenvalue weighted by Crippen LogP contribution is 2.12. The van der Waals surface area contributed by atoms with E-state index in [2.05, 4.69) is 10.9 Å². The Morgan fingerprint density at radius 3 is 2.82 bits per heavy atom. The summed E-state index contributed by atoms with van der Waals surface area (Å²) in [7, 11) is 0. The second-order valence-corrected chi connectivity index (χ2v) is 2.43. The van der Waals surface area contributed by atoms with Gasteiger partial charge < -0.3 is 0 Å². The summed E-state index contributed by atoms with van der Waals surface area (Å²) in [6.45, 7) is 1.74. The number of nitrogens with zero attached hydrogens (tertiary/aromatic N) is 2. The molecule has 0 spiro atoms. The lowest BCUT2D eigenvalue weighted by Crippen LogP contribution is -2.46. The maximum absolute atomic E-state index is 8.50. The molecule has 0 fully saturated rings. The summed E-state index contributed by atoms with van der Waals surface area (Å²) in [5, 5.41) is 8.50. The fourth-order valence-electron chi connectivity index (χ4n) is 0.805. The summed E-state index contributed by atoms with van der Waals surface area (Å²) < 4.78 is 0. The third-order valence-electron chi connectivity index (χ3n) is 1.32. The summed E-state index contributed by atoms with van der Waals surface area (Å²) in [6, 6.07) is 1.92. The van der Waals surface area contributed by atoms with Gasteiger partial charge in [0.2, 0.25) is 0 Å². The molecule has 0 aliphatic carbocycles. The topological polar surface area (TPSA) is 88.2 Å². The second-order valence-electron chi connectivity index (χ2n) is 2.43. The molecule has 0 saturated heterocycles. The van der Waals surface area contributed by atoms with E-state index in [0.717, 1.165) is 0 Å². The van der Waals surface area contributed by atoms with Gasteiger partial charge >= 0.3 is 0 Å². The molecule has 1 aliphatic heterocycles. The van der Waals surface area contributed by atoms with Gasteiger partial charge in [-0.15, -0.1) is 0 Å². The zero-order valence-electron chi connectivity index (χ0n) is 6.13. The molecule has 0 radical (unpaired) electrons. The molecule has 0 unspecified atom stereocenters. The lowest BCUT2D eigenvalue weighted by molar-refractivity contribution is 0.583. The Hall–Kier alpha value is -1.40. The van der Waals surface area contributed by atoms with Gasteiger partial charge in [0.05, 0.1) is 0 Å². The molecule has 1 rings (SSSR count). The summed E-state index contributed by atoms with van der Waals surface area (Å²) in [4.78, 5) is 3.63. The first-order chi connectivity index (χ1) is 5.05. The van der Waals surface area contributed by atoms with Crippen molar-refractivity contribution in [1.29, 1.82) is 5.26 Å². The molecule has 1 aliphatic rings. The number of rotatable bonds is 0. The zero-order valence-corrected chi connectivity index (χ0v) is 6.13. The summed E-state index contributed by atoms with van der Waals surface area (Å²) in [5.41, 5.74) is 12.0. The van der Waals surface area contributed by atoms with Crippen molar-refractivity contribution in [2.45, 2.75) is 12.7 Å². The molecule has 0 amide bonds. The Morgan fingerprint density at radius 2 is 2.36 bits per heavy atom. The monoisotopic (exact) mass is 148 g/mol. The first kappa shape index (κ1) is 7.70. The Balaban J connectivity index is 3.19. The Kier molecular flexibility index (Phi) is 1.63. The molecule has 0 bridgehead atoms. The molecule has 0 aromatic carbocycles. The van der Waals surface area contributed by atoms with E-state index in [4.69, 9.17) is 16.7 Å². The highest BCUT2D eigenvalue weighted by molar-refractivity contribution is 5.72. The van der Waals surface area contributed by atoms with Crippen molar-refractivity contribution in [3.05, 3.63) is 17.2 Å². The van der Waals surface area contributed by atoms with Crippen LogP contribution in [0.1, 0.15) is 6.92 Å². The van der Waals surface area contributed by atoms with Gasteiger partial charge in [-0.1, -0.05) is 0 Å². The van der Waals surface area contributed by atoms with E-state index in [1.54, 1.807) is 6.92 Å². The quantitative estimate of drug-likeness (QED) is 0.459. The largest absolute Gasteiger partial charge is 0.291 e. The summed E-state index contributed by atoms with van der Waals surface area (Å²) >= 11 is 0. The van der Waals surface area contributed by atoms with E-state index in [-0.39, 0.29) is 0 Å². The third-order valence-corrected chi connectivity index (χ3v) is 1.32.